The predicted octanol–water partition coefficient (Wildman–Crippen LogP) is 4.76. The van der Waals surface area contributed by atoms with Crippen LogP contribution in [0.3, 0.4) is 0 Å². The Morgan fingerprint density at radius 3 is 2.42 bits per heavy atom. The van der Waals surface area contributed by atoms with E-state index >= 15 is 0 Å². The number of aryl methyl sites for hydroxylation is 1. The minimum atomic E-state index is -0.556. The van der Waals surface area contributed by atoms with Gasteiger partial charge in [-0.15, -0.1) is 0 Å². The van der Waals surface area contributed by atoms with Crippen molar-refractivity contribution in [3.8, 4) is 11.4 Å². The van der Waals surface area contributed by atoms with Crippen LogP contribution >= 0.6 is 11.6 Å². The Morgan fingerprint density at radius 1 is 1.09 bits per heavy atom. The molecule has 0 radical (unpaired) electrons. The van der Waals surface area contributed by atoms with Gasteiger partial charge in [-0.05, 0) is 61.9 Å². The van der Waals surface area contributed by atoms with E-state index in [-0.39, 0.29) is 11.4 Å². The fourth-order valence-electron chi connectivity index (χ4n) is 3.78. The van der Waals surface area contributed by atoms with Gasteiger partial charge in [-0.2, -0.15) is 0 Å². The highest BCUT2D eigenvalue weighted by Gasteiger charge is 2.35. The van der Waals surface area contributed by atoms with Crippen LogP contribution in [-0.2, 0) is 4.79 Å². The lowest BCUT2D eigenvalue weighted by Gasteiger charge is -2.14. The second-order valence-electron chi connectivity index (χ2n) is 7.38. The fraction of sp³-hybridized carbons (Fsp3) is 0.130. The van der Waals surface area contributed by atoms with Gasteiger partial charge in [0.1, 0.15) is 11.4 Å². The number of amides is 3. The summed E-state index contributed by atoms with van der Waals surface area (Å²) in [5.41, 5.74) is 3.36. The van der Waals surface area contributed by atoms with Crippen molar-refractivity contribution in [2.45, 2.75) is 13.8 Å². The van der Waals surface area contributed by atoms with Crippen LogP contribution in [0.1, 0.15) is 17.0 Å². The van der Waals surface area contributed by atoms with E-state index in [0.717, 1.165) is 16.3 Å². The van der Waals surface area contributed by atoms with Crippen molar-refractivity contribution in [2.75, 3.05) is 12.0 Å². The topological polar surface area (TPSA) is 107 Å². The Hall–Kier alpha value is -4.11. The number of hydrogen-bond acceptors (Lipinski definition) is 5. The van der Waals surface area contributed by atoms with Crippen molar-refractivity contribution in [2.24, 2.45) is 0 Å². The number of non-ortho nitro benzene ring substituents is 1. The molecule has 1 aliphatic heterocycles. The number of carbonyl (C=O) groups excluding carboxylic acids is 2. The molecule has 1 N–H and O–H groups in total. The predicted molar refractivity (Wildman–Crippen MR) is 124 cm³/mol. The number of benzene rings is 2. The first-order chi connectivity index (χ1) is 15.7. The molecule has 1 saturated heterocycles. The van der Waals surface area contributed by atoms with Gasteiger partial charge in [-0.3, -0.25) is 14.9 Å². The third-order valence-corrected chi connectivity index (χ3v) is 5.60. The third kappa shape index (κ3) is 3.94. The molecule has 1 aliphatic rings. The van der Waals surface area contributed by atoms with Gasteiger partial charge in [-0.1, -0.05) is 11.6 Å². The molecule has 0 aliphatic carbocycles. The lowest BCUT2D eigenvalue weighted by atomic mass is 10.2. The number of nitrogens with zero attached hydrogens (tertiary/aromatic N) is 3. The number of nitro benzene ring substituents is 1. The molecule has 168 valence electrons. The summed E-state index contributed by atoms with van der Waals surface area (Å²) in [6, 6.07) is 12.1. The normalized spacial score (nSPS) is 14.7. The van der Waals surface area contributed by atoms with Gasteiger partial charge in [0.15, 0.2) is 0 Å². The zero-order valence-corrected chi connectivity index (χ0v) is 18.7. The number of methoxy groups -OCH3 is 1. The first kappa shape index (κ1) is 22.1. The Balaban J connectivity index is 1.72. The van der Waals surface area contributed by atoms with E-state index in [4.69, 9.17) is 16.3 Å². The molecular formula is C23H19ClN4O5. The zero-order chi connectivity index (χ0) is 23.9. The highest BCUT2D eigenvalue weighted by Crippen LogP contribution is 2.32. The summed E-state index contributed by atoms with van der Waals surface area (Å²) in [5, 5.41) is 14.2. The number of carbonyl (C=O) groups is 2. The van der Waals surface area contributed by atoms with Crippen LogP contribution in [0.4, 0.5) is 16.2 Å². The second kappa shape index (κ2) is 8.44. The highest BCUT2D eigenvalue weighted by atomic mass is 35.5. The number of imide groups is 1. The van der Waals surface area contributed by atoms with E-state index in [1.54, 1.807) is 36.4 Å². The van der Waals surface area contributed by atoms with E-state index in [9.17, 15) is 19.7 Å². The molecule has 10 heteroatoms. The lowest BCUT2D eigenvalue weighted by Crippen LogP contribution is -2.30. The number of urea groups is 1. The average molecular weight is 467 g/mol. The summed E-state index contributed by atoms with van der Waals surface area (Å²) in [6.07, 6.45) is 1.60. The molecular weight excluding hydrogens is 448 g/mol. The molecule has 3 aromatic rings. The molecule has 0 spiro atoms. The first-order valence-corrected chi connectivity index (χ1v) is 10.2. The molecule has 1 fully saturated rings. The molecule has 3 amide bonds. The Labute approximate surface area is 194 Å². The summed E-state index contributed by atoms with van der Waals surface area (Å²) in [4.78, 5) is 37.1. The molecule has 0 unspecified atom stereocenters. The van der Waals surface area contributed by atoms with Crippen LogP contribution < -0.4 is 15.0 Å². The van der Waals surface area contributed by atoms with Gasteiger partial charge in [0.25, 0.3) is 11.6 Å². The third-order valence-electron chi connectivity index (χ3n) is 5.35. The van der Waals surface area contributed by atoms with Gasteiger partial charge >= 0.3 is 6.03 Å². The standard InChI is InChI=1S/C23H19ClN4O5/c1-13-10-15(14(2)26(13)20-9-8-18(28(31)32)12-21(20)33-3)11-19-22(29)27(23(30)25-19)17-6-4-16(24)5-7-17/h4-12H,1-3H3,(H,25,30)/b19-11+. The summed E-state index contributed by atoms with van der Waals surface area (Å²) < 4.78 is 7.25. The van der Waals surface area contributed by atoms with Gasteiger partial charge in [-0.25, -0.2) is 9.69 Å². The van der Waals surface area contributed by atoms with Gasteiger partial charge in [0.2, 0.25) is 0 Å². The number of nitro groups is 1. The molecule has 0 atom stereocenters. The SMILES string of the molecule is COc1cc([N+](=O)[O-])ccc1-n1c(C)cc(/C=C2/NC(=O)N(c3ccc(Cl)cc3)C2=O)c1C. The minimum absolute atomic E-state index is 0.0815. The van der Waals surface area contributed by atoms with Crippen molar-refractivity contribution in [1.29, 1.82) is 0 Å². The van der Waals surface area contributed by atoms with Gasteiger partial charge in [0.05, 0.1) is 29.5 Å². The smallest absolute Gasteiger partial charge is 0.333 e. The number of hydrogen-bond donors (Lipinski definition) is 1. The monoisotopic (exact) mass is 466 g/mol. The summed E-state index contributed by atoms with van der Waals surface area (Å²) in [7, 11) is 1.44. The first-order valence-electron chi connectivity index (χ1n) is 9.85. The Bertz CT molecular complexity index is 1330. The largest absolute Gasteiger partial charge is 0.494 e. The summed E-state index contributed by atoms with van der Waals surface area (Å²) in [6.45, 7) is 3.71. The van der Waals surface area contributed by atoms with Crippen LogP contribution in [0.25, 0.3) is 11.8 Å². The van der Waals surface area contributed by atoms with Crippen molar-refractivity contribution in [3.05, 3.63) is 86.3 Å². The van der Waals surface area contributed by atoms with Crippen LogP contribution in [0, 0.1) is 24.0 Å². The van der Waals surface area contributed by atoms with E-state index < -0.39 is 16.9 Å². The number of ether oxygens (including phenoxy) is 1. The van der Waals surface area contributed by atoms with E-state index in [1.165, 1.54) is 19.2 Å². The number of rotatable bonds is 5. The van der Waals surface area contributed by atoms with Crippen molar-refractivity contribution < 1.29 is 19.2 Å². The summed E-state index contributed by atoms with van der Waals surface area (Å²) in [5.74, 6) is -0.149. The fourth-order valence-corrected chi connectivity index (χ4v) is 3.91. The molecule has 9 nitrogen and oxygen atoms in total. The Kier molecular flexibility index (Phi) is 5.65. The van der Waals surface area contributed by atoms with Crippen molar-refractivity contribution in [3.63, 3.8) is 0 Å². The molecule has 1 aromatic heterocycles. The van der Waals surface area contributed by atoms with Crippen molar-refractivity contribution >= 4 is 41.0 Å². The molecule has 0 bridgehead atoms. The maximum absolute atomic E-state index is 12.9. The van der Waals surface area contributed by atoms with Crippen LogP contribution in [0.2, 0.25) is 5.02 Å². The maximum Gasteiger partial charge on any atom is 0.333 e. The highest BCUT2D eigenvalue weighted by molar-refractivity contribution is 6.31. The van der Waals surface area contributed by atoms with E-state index in [1.807, 2.05) is 24.5 Å². The minimum Gasteiger partial charge on any atom is -0.494 e. The number of halogens is 1. The summed E-state index contributed by atoms with van der Waals surface area (Å²) >= 11 is 5.90. The quantitative estimate of drug-likeness (QED) is 0.252. The van der Waals surface area contributed by atoms with Gasteiger partial charge in [0, 0.05) is 22.5 Å². The molecule has 33 heavy (non-hydrogen) atoms. The molecule has 0 saturated carbocycles. The lowest BCUT2D eigenvalue weighted by molar-refractivity contribution is -0.384. The van der Waals surface area contributed by atoms with Gasteiger partial charge < -0.3 is 14.6 Å². The van der Waals surface area contributed by atoms with Crippen LogP contribution in [0.15, 0.2) is 54.2 Å². The number of anilines is 1. The molecule has 2 aromatic carbocycles. The average Bonchev–Trinajstić information content (AvgIpc) is 3.22. The maximum atomic E-state index is 12.9. The van der Waals surface area contributed by atoms with E-state index in [0.29, 0.717) is 27.7 Å². The van der Waals surface area contributed by atoms with E-state index in [2.05, 4.69) is 5.32 Å². The zero-order valence-electron chi connectivity index (χ0n) is 18.0. The molecule has 4 rings (SSSR count). The number of nitrogens with one attached hydrogen (secondary N) is 1. The van der Waals surface area contributed by atoms with Crippen LogP contribution in [-0.4, -0.2) is 28.5 Å². The van der Waals surface area contributed by atoms with Crippen molar-refractivity contribution in [1.82, 2.24) is 9.88 Å². The Morgan fingerprint density at radius 2 is 1.79 bits per heavy atom. The number of aromatic nitrogens is 1. The van der Waals surface area contributed by atoms with Crippen LogP contribution in [0.5, 0.6) is 5.75 Å². The second-order valence-corrected chi connectivity index (χ2v) is 7.82. The molecule has 2 heterocycles.